The number of halogens is 1. The first kappa shape index (κ1) is 18.5. The van der Waals surface area contributed by atoms with Gasteiger partial charge in [-0.1, -0.05) is 24.3 Å². The van der Waals surface area contributed by atoms with Gasteiger partial charge in [0.05, 0.1) is 12.2 Å². The molecular formula is C21H19FN2O3. The van der Waals surface area contributed by atoms with Crippen molar-refractivity contribution in [3.63, 3.8) is 0 Å². The first-order valence-electron chi connectivity index (χ1n) is 8.44. The van der Waals surface area contributed by atoms with E-state index in [-0.39, 0.29) is 6.04 Å². The van der Waals surface area contributed by atoms with Crippen molar-refractivity contribution in [2.75, 3.05) is 0 Å². The summed E-state index contributed by atoms with van der Waals surface area (Å²) in [6.07, 6.45) is 1.93. The van der Waals surface area contributed by atoms with Crippen molar-refractivity contribution in [3.8, 4) is 11.5 Å². The van der Waals surface area contributed by atoms with Crippen molar-refractivity contribution in [2.24, 2.45) is 0 Å². The van der Waals surface area contributed by atoms with Crippen LogP contribution in [0, 0.1) is 5.82 Å². The SMILES string of the molecule is CC(NC(=O)C(O)c1ccc(F)cc1)c1ccc(Oc2cccnc2)cc1. The zero-order chi connectivity index (χ0) is 19.2. The highest BCUT2D eigenvalue weighted by Gasteiger charge is 2.19. The lowest BCUT2D eigenvalue weighted by atomic mass is 10.1. The second-order valence-corrected chi connectivity index (χ2v) is 6.04. The van der Waals surface area contributed by atoms with Gasteiger partial charge in [-0.3, -0.25) is 9.78 Å². The third-order valence-corrected chi connectivity index (χ3v) is 4.04. The summed E-state index contributed by atoms with van der Waals surface area (Å²) < 4.78 is 18.6. The van der Waals surface area contributed by atoms with Gasteiger partial charge in [-0.25, -0.2) is 4.39 Å². The molecule has 0 saturated heterocycles. The summed E-state index contributed by atoms with van der Waals surface area (Å²) in [5.41, 5.74) is 1.19. The Hall–Kier alpha value is -3.25. The molecule has 0 fully saturated rings. The Balaban J connectivity index is 1.61. The van der Waals surface area contributed by atoms with Gasteiger partial charge >= 0.3 is 0 Å². The van der Waals surface area contributed by atoms with Crippen molar-refractivity contribution in [2.45, 2.75) is 19.1 Å². The maximum atomic E-state index is 13.0. The van der Waals surface area contributed by atoms with Gasteiger partial charge in [-0.15, -0.1) is 0 Å². The van der Waals surface area contributed by atoms with Crippen LogP contribution in [0.3, 0.4) is 0 Å². The van der Waals surface area contributed by atoms with E-state index in [0.717, 1.165) is 5.56 Å². The average molecular weight is 366 g/mol. The van der Waals surface area contributed by atoms with E-state index in [0.29, 0.717) is 17.1 Å². The zero-order valence-electron chi connectivity index (χ0n) is 14.7. The molecule has 0 aliphatic carbocycles. The molecule has 0 spiro atoms. The molecular weight excluding hydrogens is 347 g/mol. The molecule has 27 heavy (non-hydrogen) atoms. The van der Waals surface area contributed by atoms with Crippen LogP contribution in [0.2, 0.25) is 0 Å². The Kier molecular flexibility index (Phi) is 5.78. The van der Waals surface area contributed by atoms with E-state index < -0.39 is 17.8 Å². The molecule has 138 valence electrons. The van der Waals surface area contributed by atoms with Crippen LogP contribution in [-0.2, 0) is 4.79 Å². The molecule has 0 radical (unpaired) electrons. The molecule has 3 rings (SSSR count). The number of pyridine rings is 1. The summed E-state index contributed by atoms with van der Waals surface area (Å²) in [5, 5.41) is 12.9. The molecule has 1 heterocycles. The van der Waals surface area contributed by atoms with Crippen molar-refractivity contribution >= 4 is 5.91 Å². The van der Waals surface area contributed by atoms with Gasteiger partial charge in [0.2, 0.25) is 0 Å². The zero-order valence-corrected chi connectivity index (χ0v) is 14.7. The highest BCUT2D eigenvalue weighted by Crippen LogP contribution is 2.23. The molecule has 1 aromatic heterocycles. The number of carbonyl (C=O) groups excluding carboxylic acids is 1. The first-order valence-corrected chi connectivity index (χ1v) is 8.44. The Morgan fingerprint density at radius 3 is 2.33 bits per heavy atom. The lowest BCUT2D eigenvalue weighted by Gasteiger charge is -2.18. The summed E-state index contributed by atoms with van der Waals surface area (Å²) >= 11 is 0. The number of benzene rings is 2. The lowest BCUT2D eigenvalue weighted by molar-refractivity contribution is -0.130. The molecule has 2 aromatic carbocycles. The number of nitrogens with zero attached hydrogens (tertiary/aromatic N) is 1. The minimum Gasteiger partial charge on any atom is -0.456 e. The van der Waals surface area contributed by atoms with Crippen molar-refractivity contribution in [1.29, 1.82) is 0 Å². The van der Waals surface area contributed by atoms with E-state index in [9.17, 15) is 14.3 Å². The highest BCUT2D eigenvalue weighted by atomic mass is 19.1. The molecule has 1 amide bonds. The number of ether oxygens (including phenoxy) is 1. The van der Waals surface area contributed by atoms with Crippen LogP contribution in [0.25, 0.3) is 0 Å². The minimum absolute atomic E-state index is 0.319. The number of hydrogen-bond acceptors (Lipinski definition) is 4. The van der Waals surface area contributed by atoms with Gasteiger partial charge in [-0.05, 0) is 54.4 Å². The van der Waals surface area contributed by atoms with Crippen LogP contribution < -0.4 is 10.1 Å². The third-order valence-electron chi connectivity index (χ3n) is 4.04. The second-order valence-electron chi connectivity index (χ2n) is 6.04. The van der Waals surface area contributed by atoms with E-state index in [1.165, 1.54) is 24.3 Å². The third kappa shape index (κ3) is 4.89. The van der Waals surface area contributed by atoms with Crippen LogP contribution in [0.4, 0.5) is 4.39 Å². The molecule has 2 atom stereocenters. The minimum atomic E-state index is -1.36. The smallest absolute Gasteiger partial charge is 0.253 e. The number of nitrogens with one attached hydrogen (secondary N) is 1. The number of aliphatic hydroxyl groups is 1. The van der Waals surface area contributed by atoms with E-state index in [2.05, 4.69) is 10.3 Å². The molecule has 2 unspecified atom stereocenters. The van der Waals surface area contributed by atoms with Gasteiger partial charge in [0.15, 0.2) is 6.10 Å². The highest BCUT2D eigenvalue weighted by molar-refractivity contribution is 5.82. The van der Waals surface area contributed by atoms with Gasteiger partial charge in [-0.2, -0.15) is 0 Å². The molecule has 5 nitrogen and oxygen atoms in total. The maximum absolute atomic E-state index is 13.0. The predicted octanol–water partition coefficient (Wildman–Crippen LogP) is 3.92. The van der Waals surface area contributed by atoms with E-state index >= 15 is 0 Å². The Bertz CT molecular complexity index is 884. The second kappa shape index (κ2) is 8.42. The molecule has 0 saturated carbocycles. The van der Waals surface area contributed by atoms with Gasteiger partial charge < -0.3 is 15.2 Å². The number of rotatable bonds is 6. The quantitative estimate of drug-likeness (QED) is 0.694. The van der Waals surface area contributed by atoms with Crippen LogP contribution in [0.5, 0.6) is 11.5 Å². The monoisotopic (exact) mass is 366 g/mol. The van der Waals surface area contributed by atoms with Crippen LogP contribution in [-0.4, -0.2) is 16.0 Å². The van der Waals surface area contributed by atoms with E-state index in [1.54, 1.807) is 36.7 Å². The van der Waals surface area contributed by atoms with Crippen LogP contribution >= 0.6 is 0 Å². The van der Waals surface area contributed by atoms with Crippen molar-refractivity contribution in [1.82, 2.24) is 10.3 Å². The predicted molar refractivity (Wildman–Crippen MR) is 98.7 cm³/mol. The van der Waals surface area contributed by atoms with Gasteiger partial charge in [0.25, 0.3) is 5.91 Å². The normalized spacial score (nSPS) is 12.9. The topological polar surface area (TPSA) is 71.5 Å². The molecule has 3 aromatic rings. The average Bonchev–Trinajstić information content (AvgIpc) is 2.69. The summed E-state index contributed by atoms with van der Waals surface area (Å²) in [7, 11) is 0. The summed E-state index contributed by atoms with van der Waals surface area (Å²) in [5.74, 6) is 0.309. The number of aliphatic hydroxyl groups excluding tert-OH is 1. The molecule has 6 heteroatoms. The number of hydrogen-bond donors (Lipinski definition) is 2. The van der Waals surface area contributed by atoms with E-state index in [1.807, 2.05) is 19.1 Å². The summed E-state index contributed by atoms with van der Waals surface area (Å²) in [4.78, 5) is 16.2. The molecule has 2 N–H and O–H groups in total. The van der Waals surface area contributed by atoms with Gasteiger partial charge in [0.1, 0.15) is 17.3 Å². The van der Waals surface area contributed by atoms with Crippen LogP contribution in [0.1, 0.15) is 30.2 Å². The maximum Gasteiger partial charge on any atom is 0.253 e. The fourth-order valence-electron chi connectivity index (χ4n) is 2.54. The molecule has 0 bridgehead atoms. The van der Waals surface area contributed by atoms with Crippen molar-refractivity contribution in [3.05, 3.63) is 90.0 Å². The molecule has 0 aliphatic heterocycles. The lowest BCUT2D eigenvalue weighted by Crippen LogP contribution is -2.31. The standard InChI is InChI=1S/C21H19FN2O3/c1-14(24-21(26)20(25)16-4-8-17(22)9-5-16)15-6-10-18(11-7-15)27-19-3-2-12-23-13-19/h2-14,20,25H,1H3,(H,24,26). The van der Waals surface area contributed by atoms with Crippen LogP contribution in [0.15, 0.2) is 73.1 Å². The first-order chi connectivity index (χ1) is 13.0. The fourth-order valence-corrected chi connectivity index (χ4v) is 2.54. The van der Waals surface area contributed by atoms with Gasteiger partial charge in [0, 0.05) is 6.20 Å². The fraction of sp³-hybridized carbons (Fsp3) is 0.143. The number of aromatic nitrogens is 1. The van der Waals surface area contributed by atoms with E-state index in [4.69, 9.17) is 4.74 Å². The number of carbonyl (C=O) groups is 1. The Morgan fingerprint density at radius 2 is 1.70 bits per heavy atom. The summed E-state index contributed by atoms with van der Waals surface area (Å²) in [6, 6.07) is 15.7. The summed E-state index contributed by atoms with van der Waals surface area (Å²) in [6.45, 7) is 1.81. The molecule has 0 aliphatic rings. The number of amides is 1. The largest absolute Gasteiger partial charge is 0.456 e. The van der Waals surface area contributed by atoms with Crippen molar-refractivity contribution < 1.29 is 19.0 Å². The Labute approximate surface area is 156 Å². The Morgan fingerprint density at radius 1 is 1.04 bits per heavy atom.